The van der Waals surface area contributed by atoms with E-state index in [1.165, 1.54) is 0 Å². The van der Waals surface area contributed by atoms with Crippen molar-refractivity contribution < 1.29 is 14.3 Å². The van der Waals surface area contributed by atoms with Gasteiger partial charge in [-0.15, -0.1) is 0 Å². The molecule has 0 atom stereocenters. The van der Waals surface area contributed by atoms with E-state index in [0.717, 1.165) is 28.2 Å². The molecular weight excluding hydrogens is 254 g/mol. The van der Waals surface area contributed by atoms with E-state index in [-0.39, 0.29) is 0 Å². The molecule has 1 amide bonds. The zero-order chi connectivity index (χ0) is 14.7. The first kappa shape index (κ1) is 13.9. The molecule has 20 heavy (non-hydrogen) atoms. The molecule has 0 saturated carbocycles. The summed E-state index contributed by atoms with van der Waals surface area (Å²) < 4.78 is 10.6. The lowest BCUT2D eigenvalue weighted by molar-refractivity contribution is 0.100. The van der Waals surface area contributed by atoms with Crippen molar-refractivity contribution in [3.05, 3.63) is 47.5 Å². The number of carbonyl (C=O) groups is 1. The Kier molecular flexibility index (Phi) is 3.94. The van der Waals surface area contributed by atoms with Crippen LogP contribution in [-0.2, 0) is 0 Å². The Hall–Kier alpha value is -2.49. The summed E-state index contributed by atoms with van der Waals surface area (Å²) in [7, 11) is 3.22. The van der Waals surface area contributed by atoms with Gasteiger partial charge in [0.15, 0.2) is 0 Å². The highest BCUT2D eigenvalue weighted by Crippen LogP contribution is 2.35. The Bertz CT molecular complexity index is 650. The fourth-order valence-corrected chi connectivity index (χ4v) is 2.09. The van der Waals surface area contributed by atoms with Crippen LogP contribution in [0.4, 0.5) is 0 Å². The summed E-state index contributed by atoms with van der Waals surface area (Å²) in [6.45, 7) is 1.97. The summed E-state index contributed by atoms with van der Waals surface area (Å²) in [6.07, 6.45) is 0. The second kappa shape index (κ2) is 5.65. The van der Waals surface area contributed by atoms with E-state index >= 15 is 0 Å². The molecule has 2 aromatic carbocycles. The van der Waals surface area contributed by atoms with Gasteiger partial charge < -0.3 is 15.2 Å². The number of primary amides is 1. The van der Waals surface area contributed by atoms with E-state index in [1.807, 2.05) is 31.2 Å². The van der Waals surface area contributed by atoms with Crippen LogP contribution in [-0.4, -0.2) is 20.1 Å². The number of hydrogen-bond acceptors (Lipinski definition) is 3. The standard InChI is InChI=1S/C16H17NO3/c1-10-4-5-11(16(17)18)8-13(10)14-9-12(19-2)6-7-15(14)20-3/h4-9H,1-3H3,(H2,17,18). The van der Waals surface area contributed by atoms with Crippen molar-refractivity contribution in [3.63, 3.8) is 0 Å². The van der Waals surface area contributed by atoms with Crippen molar-refractivity contribution in [1.29, 1.82) is 0 Å². The van der Waals surface area contributed by atoms with Crippen molar-refractivity contribution in [2.24, 2.45) is 5.73 Å². The highest BCUT2D eigenvalue weighted by Gasteiger charge is 2.12. The van der Waals surface area contributed by atoms with E-state index in [9.17, 15) is 4.79 Å². The predicted octanol–water partition coefficient (Wildman–Crippen LogP) is 2.78. The second-order valence-electron chi connectivity index (χ2n) is 4.46. The van der Waals surface area contributed by atoms with Gasteiger partial charge in [-0.3, -0.25) is 4.79 Å². The fourth-order valence-electron chi connectivity index (χ4n) is 2.09. The largest absolute Gasteiger partial charge is 0.497 e. The van der Waals surface area contributed by atoms with Gasteiger partial charge in [0.05, 0.1) is 14.2 Å². The van der Waals surface area contributed by atoms with E-state index in [1.54, 1.807) is 26.4 Å². The molecule has 2 rings (SSSR count). The lowest BCUT2D eigenvalue weighted by atomic mass is 9.97. The normalized spacial score (nSPS) is 10.2. The highest BCUT2D eigenvalue weighted by atomic mass is 16.5. The summed E-state index contributed by atoms with van der Waals surface area (Å²) in [5, 5.41) is 0. The van der Waals surface area contributed by atoms with Crippen LogP contribution in [0, 0.1) is 6.92 Å². The van der Waals surface area contributed by atoms with Gasteiger partial charge in [-0.1, -0.05) is 6.07 Å². The first-order chi connectivity index (χ1) is 9.56. The third-order valence-corrected chi connectivity index (χ3v) is 3.22. The van der Waals surface area contributed by atoms with E-state index < -0.39 is 5.91 Å². The minimum Gasteiger partial charge on any atom is -0.497 e. The number of hydrogen-bond donors (Lipinski definition) is 1. The summed E-state index contributed by atoms with van der Waals surface area (Å²) in [6, 6.07) is 10.9. The number of aryl methyl sites for hydroxylation is 1. The summed E-state index contributed by atoms with van der Waals surface area (Å²) in [5.41, 5.74) is 8.61. The average Bonchev–Trinajstić information content (AvgIpc) is 2.46. The molecule has 0 aliphatic rings. The first-order valence-electron chi connectivity index (χ1n) is 6.19. The Morgan fingerprint density at radius 1 is 1.00 bits per heavy atom. The monoisotopic (exact) mass is 271 g/mol. The van der Waals surface area contributed by atoms with Gasteiger partial charge >= 0.3 is 0 Å². The van der Waals surface area contributed by atoms with Crippen molar-refractivity contribution in [1.82, 2.24) is 0 Å². The maximum absolute atomic E-state index is 11.3. The molecule has 0 unspecified atom stereocenters. The summed E-state index contributed by atoms with van der Waals surface area (Å²) in [4.78, 5) is 11.3. The lowest BCUT2D eigenvalue weighted by Gasteiger charge is -2.13. The van der Waals surface area contributed by atoms with Gasteiger partial charge in [0, 0.05) is 11.1 Å². The van der Waals surface area contributed by atoms with Crippen LogP contribution in [0.3, 0.4) is 0 Å². The average molecular weight is 271 g/mol. The minimum absolute atomic E-state index is 0.451. The fraction of sp³-hybridized carbons (Fsp3) is 0.188. The SMILES string of the molecule is COc1ccc(OC)c(-c2cc(C(N)=O)ccc2C)c1. The van der Waals surface area contributed by atoms with Crippen molar-refractivity contribution in [2.75, 3.05) is 14.2 Å². The molecule has 104 valence electrons. The van der Waals surface area contributed by atoms with Crippen LogP contribution in [0.1, 0.15) is 15.9 Å². The van der Waals surface area contributed by atoms with Crippen molar-refractivity contribution in [2.45, 2.75) is 6.92 Å². The number of carbonyl (C=O) groups excluding carboxylic acids is 1. The van der Waals surface area contributed by atoms with Gasteiger partial charge in [-0.25, -0.2) is 0 Å². The molecule has 0 fully saturated rings. The van der Waals surface area contributed by atoms with Crippen LogP contribution in [0.15, 0.2) is 36.4 Å². The molecule has 0 saturated heterocycles. The van der Waals surface area contributed by atoms with E-state index in [0.29, 0.717) is 5.56 Å². The van der Waals surface area contributed by atoms with Gasteiger partial charge in [0.1, 0.15) is 11.5 Å². The van der Waals surface area contributed by atoms with Crippen LogP contribution < -0.4 is 15.2 Å². The second-order valence-corrected chi connectivity index (χ2v) is 4.46. The van der Waals surface area contributed by atoms with Crippen LogP contribution in [0.25, 0.3) is 11.1 Å². The Balaban J connectivity index is 2.65. The molecule has 2 N–H and O–H groups in total. The smallest absolute Gasteiger partial charge is 0.248 e. The van der Waals surface area contributed by atoms with Crippen molar-refractivity contribution in [3.8, 4) is 22.6 Å². The third kappa shape index (κ3) is 2.59. The van der Waals surface area contributed by atoms with Crippen LogP contribution >= 0.6 is 0 Å². The Morgan fingerprint density at radius 3 is 2.35 bits per heavy atom. The van der Waals surface area contributed by atoms with Gasteiger partial charge in [-0.2, -0.15) is 0 Å². The molecule has 0 aliphatic carbocycles. The topological polar surface area (TPSA) is 61.6 Å². The van der Waals surface area contributed by atoms with E-state index in [4.69, 9.17) is 15.2 Å². The molecule has 4 heteroatoms. The zero-order valence-electron chi connectivity index (χ0n) is 11.8. The molecule has 2 aromatic rings. The predicted molar refractivity (Wildman–Crippen MR) is 78.2 cm³/mol. The number of amides is 1. The van der Waals surface area contributed by atoms with Gasteiger partial charge in [0.25, 0.3) is 0 Å². The molecule has 0 bridgehead atoms. The molecule has 0 heterocycles. The number of rotatable bonds is 4. The molecule has 0 aromatic heterocycles. The zero-order valence-corrected chi connectivity index (χ0v) is 11.8. The van der Waals surface area contributed by atoms with Crippen molar-refractivity contribution >= 4 is 5.91 Å². The molecule has 0 radical (unpaired) electrons. The molecular formula is C16H17NO3. The van der Waals surface area contributed by atoms with Crippen LogP contribution in [0.5, 0.6) is 11.5 Å². The van der Waals surface area contributed by atoms with Gasteiger partial charge in [-0.05, 0) is 48.4 Å². The highest BCUT2D eigenvalue weighted by molar-refractivity contribution is 5.94. The maximum atomic E-state index is 11.3. The minimum atomic E-state index is -0.451. The summed E-state index contributed by atoms with van der Waals surface area (Å²) in [5.74, 6) is 0.994. The first-order valence-corrected chi connectivity index (χ1v) is 6.19. The number of methoxy groups -OCH3 is 2. The Labute approximate surface area is 118 Å². The molecule has 4 nitrogen and oxygen atoms in total. The third-order valence-electron chi connectivity index (χ3n) is 3.22. The van der Waals surface area contributed by atoms with Crippen LogP contribution in [0.2, 0.25) is 0 Å². The number of benzene rings is 2. The maximum Gasteiger partial charge on any atom is 0.248 e. The summed E-state index contributed by atoms with van der Waals surface area (Å²) >= 11 is 0. The number of nitrogens with two attached hydrogens (primary N) is 1. The molecule has 0 aliphatic heterocycles. The number of ether oxygens (including phenoxy) is 2. The van der Waals surface area contributed by atoms with Gasteiger partial charge in [0.2, 0.25) is 5.91 Å². The molecule has 0 spiro atoms. The lowest BCUT2D eigenvalue weighted by Crippen LogP contribution is -2.11. The Morgan fingerprint density at radius 2 is 1.75 bits per heavy atom. The quantitative estimate of drug-likeness (QED) is 0.930. The van der Waals surface area contributed by atoms with E-state index in [2.05, 4.69) is 0 Å².